The number of aromatic hydroxyl groups is 1. The monoisotopic (exact) mass is 367 g/mol. The first kappa shape index (κ1) is 16.3. The largest absolute Gasteiger partial charge is 0.504 e. The van der Waals surface area contributed by atoms with Crippen molar-refractivity contribution in [3.8, 4) is 23.0 Å². The quantitative estimate of drug-likeness (QED) is 0.813. The van der Waals surface area contributed by atoms with Crippen LogP contribution in [0.3, 0.4) is 0 Å². The molecule has 0 bridgehead atoms. The molecular weight excluding hydrogens is 350 g/mol. The van der Waals surface area contributed by atoms with Gasteiger partial charge >= 0.3 is 0 Å². The Kier molecular flexibility index (Phi) is 5.38. The van der Waals surface area contributed by atoms with Gasteiger partial charge in [0.25, 0.3) is 0 Å². The Hall–Kier alpha value is -2.08. The van der Waals surface area contributed by atoms with E-state index in [9.17, 15) is 5.11 Å². The summed E-state index contributed by atoms with van der Waals surface area (Å²) < 4.78 is 16.5. The summed E-state index contributed by atoms with van der Waals surface area (Å²) in [7, 11) is 4.72. The van der Waals surface area contributed by atoms with Crippen LogP contribution < -0.4 is 19.5 Å². The van der Waals surface area contributed by atoms with Crippen LogP contribution in [0.4, 0.5) is 5.69 Å². The fourth-order valence-electron chi connectivity index (χ4n) is 2.05. The minimum Gasteiger partial charge on any atom is -0.504 e. The molecule has 0 radical (unpaired) electrons. The predicted molar refractivity (Wildman–Crippen MR) is 89.2 cm³/mol. The molecule has 2 aromatic carbocycles. The molecule has 22 heavy (non-hydrogen) atoms. The van der Waals surface area contributed by atoms with Crippen LogP contribution in [-0.4, -0.2) is 26.4 Å². The maximum absolute atomic E-state index is 10.2. The number of hydrogen-bond acceptors (Lipinski definition) is 5. The van der Waals surface area contributed by atoms with E-state index in [4.69, 9.17) is 14.2 Å². The summed E-state index contributed by atoms with van der Waals surface area (Å²) in [5.41, 5.74) is 1.52. The van der Waals surface area contributed by atoms with Crippen LogP contribution in [0.5, 0.6) is 23.0 Å². The Morgan fingerprint density at radius 3 is 2.36 bits per heavy atom. The van der Waals surface area contributed by atoms with Gasteiger partial charge in [-0.15, -0.1) is 0 Å². The molecule has 2 N–H and O–H groups in total. The van der Waals surface area contributed by atoms with Crippen LogP contribution in [-0.2, 0) is 6.54 Å². The topological polar surface area (TPSA) is 60.0 Å². The fraction of sp³-hybridized carbons (Fsp3) is 0.250. The highest BCUT2D eigenvalue weighted by atomic mass is 79.9. The van der Waals surface area contributed by atoms with E-state index in [1.807, 2.05) is 18.2 Å². The molecule has 2 rings (SSSR count). The molecule has 0 aliphatic carbocycles. The molecule has 118 valence electrons. The second kappa shape index (κ2) is 7.26. The SMILES string of the molecule is COc1ccc(NCc2cc(Br)cc(OC)c2O)c(OC)c1. The van der Waals surface area contributed by atoms with Gasteiger partial charge < -0.3 is 24.6 Å². The van der Waals surface area contributed by atoms with E-state index in [1.165, 1.54) is 7.11 Å². The summed E-state index contributed by atoms with van der Waals surface area (Å²) >= 11 is 3.40. The van der Waals surface area contributed by atoms with E-state index in [0.717, 1.165) is 15.9 Å². The zero-order valence-electron chi connectivity index (χ0n) is 12.6. The van der Waals surface area contributed by atoms with E-state index in [-0.39, 0.29) is 5.75 Å². The second-order valence-corrected chi connectivity index (χ2v) is 5.45. The van der Waals surface area contributed by atoms with Gasteiger partial charge in [0.2, 0.25) is 0 Å². The molecule has 0 unspecified atom stereocenters. The third-order valence-corrected chi connectivity index (χ3v) is 3.67. The molecule has 0 aromatic heterocycles. The average molecular weight is 368 g/mol. The number of halogens is 1. The first-order chi connectivity index (χ1) is 10.6. The number of nitrogens with one attached hydrogen (secondary N) is 1. The summed E-state index contributed by atoms with van der Waals surface area (Å²) in [6.07, 6.45) is 0. The molecule has 2 aromatic rings. The number of benzene rings is 2. The fourth-order valence-corrected chi connectivity index (χ4v) is 2.54. The molecule has 0 saturated carbocycles. The lowest BCUT2D eigenvalue weighted by atomic mass is 10.1. The Balaban J connectivity index is 2.22. The van der Waals surface area contributed by atoms with Gasteiger partial charge in [-0.1, -0.05) is 15.9 Å². The summed E-state index contributed by atoms with van der Waals surface area (Å²) in [5.74, 6) is 1.92. The van der Waals surface area contributed by atoms with E-state index >= 15 is 0 Å². The van der Waals surface area contributed by atoms with Crippen LogP contribution in [0.25, 0.3) is 0 Å². The maximum atomic E-state index is 10.2. The van der Waals surface area contributed by atoms with Gasteiger partial charge in [-0.25, -0.2) is 0 Å². The van der Waals surface area contributed by atoms with Gasteiger partial charge in [-0.2, -0.15) is 0 Å². The van der Waals surface area contributed by atoms with Crippen molar-refractivity contribution < 1.29 is 19.3 Å². The van der Waals surface area contributed by atoms with Crippen molar-refractivity contribution in [3.63, 3.8) is 0 Å². The molecule has 0 fully saturated rings. The predicted octanol–water partition coefficient (Wildman–Crippen LogP) is 3.79. The van der Waals surface area contributed by atoms with Crippen molar-refractivity contribution in [2.75, 3.05) is 26.6 Å². The third kappa shape index (κ3) is 3.57. The normalized spacial score (nSPS) is 10.2. The van der Waals surface area contributed by atoms with E-state index in [2.05, 4.69) is 21.2 Å². The van der Waals surface area contributed by atoms with Crippen molar-refractivity contribution in [3.05, 3.63) is 40.4 Å². The van der Waals surface area contributed by atoms with Crippen molar-refractivity contribution in [2.24, 2.45) is 0 Å². The average Bonchev–Trinajstić information content (AvgIpc) is 2.55. The van der Waals surface area contributed by atoms with E-state index in [1.54, 1.807) is 26.4 Å². The van der Waals surface area contributed by atoms with Crippen LogP contribution in [0.2, 0.25) is 0 Å². The molecule has 0 heterocycles. The lowest BCUT2D eigenvalue weighted by Crippen LogP contribution is -2.02. The summed E-state index contributed by atoms with van der Waals surface area (Å²) in [5, 5.41) is 13.4. The zero-order chi connectivity index (χ0) is 16.1. The van der Waals surface area contributed by atoms with Crippen molar-refractivity contribution in [1.29, 1.82) is 0 Å². The lowest BCUT2D eigenvalue weighted by Gasteiger charge is -2.14. The molecule has 0 spiro atoms. The number of methoxy groups -OCH3 is 3. The van der Waals surface area contributed by atoms with Crippen LogP contribution in [0, 0.1) is 0 Å². The van der Waals surface area contributed by atoms with E-state index < -0.39 is 0 Å². The number of phenols is 1. The molecule has 0 atom stereocenters. The maximum Gasteiger partial charge on any atom is 0.162 e. The minimum atomic E-state index is 0.116. The van der Waals surface area contributed by atoms with Crippen molar-refractivity contribution in [2.45, 2.75) is 6.54 Å². The summed E-state index contributed by atoms with van der Waals surface area (Å²) in [4.78, 5) is 0. The van der Waals surface area contributed by atoms with Gasteiger partial charge in [-0.05, 0) is 24.3 Å². The standard InChI is InChI=1S/C16H18BrNO4/c1-20-12-4-5-13(14(8-12)21-2)18-9-10-6-11(17)7-15(22-3)16(10)19/h4-8,18-19H,9H2,1-3H3. The summed E-state index contributed by atoms with van der Waals surface area (Å²) in [6, 6.07) is 9.05. The molecule has 0 aliphatic rings. The number of anilines is 1. The highest BCUT2D eigenvalue weighted by molar-refractivity contribution is 9.10. The van der Waals surface area contributed by atoms with Crippen molar-refractivity contribution >= 4 is 21.6 Å². The second-order valence-electron chi connectivity index (χ2n) is 4.54. The number of rotatable bonds is 6. The smallest absolute Gasteiger partial charge is 0.162 e. The van der Waals surface area contributed by atoms with Crippen LogP contribution in [0.15, 0.2) is 34.8 Å². The van der Waals surface area contributed by atoms with Gasteiger partial charge in [0, 0.05) is 22.6 Å². The Morgan fingerprint density at radius 2 is 1.73 bits per heavy atom. The zero-order valence-corrected chi connectivity index (χ0v) is 14.2. The molecular formula is C16H18BrNO4. The molecule has 0 saturated heterocycles. The number of hydrogen-bond donors (Lipinski definition) is 2. The van der Waals surface area contributed by atoms with Crippen LogP contribution >= 0.6 is 15.9 Å². The van der Waals surface area contributed by atoms with Gasteiger partial charge in [0.05, 0.1) is 27.0 Å². The highest BCUT2D eigenvalue weighted by Gasteiger charge is 2.11. The molecule has 0 amide bonds. The lowest BCUT2D eigenvalue weighted by molar-refractivity contribution is 0.370. The minimum absolute atomic E-state index is 0.116. The Morgan fingerprint density at radius 1 is 1.00 bits per heavy atom. The van der Waals surface area contributed by atoms with Crippen LogP contribution in [0.1, 0.15) is 5.56 Å². The van der Waals surface area contributed by atoms with Gasteiger partial charge in [-0.3, -0.25) is 0 Å². The first-order valence-electron chi connectivity index (χ1n) is 6.60. The Bertz CT molecular complexity index is 661. The first-order valence-corrected chi connectivity index (χ1v) is 7.39. The third-order valence-electron chi connectivity index (χ3n) is 3.22. The van der Waals surface area contributed by atoms with Gasteiger partial charge in [0.1, 0.15) is 11.5 Å². The van der Waals surface area contributed by atoms with Crippen molar-refractivity contribution in [1.82, 2.24) is 0 Å². The summed E-state index contributed by atoms with van der Waals surface area (Å²) in [6.45, 7) is 0.421. The highest BCUT2D eigenvalue weighted by Crippen LogP contribution is 2.35. The van der Waals surface area contributed by atoms with Gasteiger partial charge in [0.15, 0.2) is 11.5 Å². The molecule has 0 aliphatic heterocycles. The van der Waals surface area contributed by atoms with E-state index in [0.29, 0.717) is 23.6 Å². The number of ether oxygens (including phenoxy) is 3. The molecule has 6 heteroatoms. The number of phenolic OH excluding ortho intramolecular Hbond substituents is 1. The molecule has 5 nitrogen and oxygen atoms in total. The Labute approximate surface area is 138 Å².